The summed E-state index contributed by atoms with van der Waals surface area (Å²) in [4.78, 5) is 16.2. The standard InChI is InChI=1S/C22H18N2O4/c1-15-11-17(6-8-19(15)28-18-3-2-10-23-13-18)24-22(25)9-5-16-4-7-20-21(12-16)27-14-26-20/h2-13H,14H2,1H3,(H,24,25)/b9-5+. The molecule has 6 heteroatoms. The van der Waals surface area contributed by atoms with E-state index in [2.05, 4.69) is 10.3 Å². The van der Waals surface area contributed by atoms with Gasteiger partial charge in [0.1, 0.15) is 11.5 Å². The highest BCUT2D eigenvalue weighted by molar-refractivity contribution is 6.02. The van der Waals surface area contributed by atoms with E-state index >= 15 is 0 Å². The van der Waals surface area contributed by atoms with Crippen molar-refractivity contribution in [3.8, 4) is 23.0 Å². The molecule has 1 aliphatic rings. The van der Waals surface area contributed by atoms with E-state index in [1.807, 2.05) is 49.4 Å². The highest BCUT2D eigenvalue weighted by Gasteiger charge is 2.12. The maximum atomic E-state index is 12.2. The molecule has 0 spiro atoms. The molecule has 3 aromatic rings. The molecule has 6 nitrogen and oxygen atoms in total. The van der Waals surface area contributed by atoms with E-state index in [-0.39, 0.29) is 12.7 Å². The van der Waals surface area contributed by atoms with Crippen molar-refractivity contribution in [2.75, 3.05) is 12.1 Å². The van der Waals surface area contributed by atoms with Crippen molar-refractivity contribution in [1.82, 2.24) is 4.98 Å². The Labute approximate surface area is 162 Å². The van der Waals surface area contributed by atoms with Gasteiger partial charge in [-0.1, -0.05) is 6.07 Å². The lowest BCUT2D eigenvalue weighted by molar-refractivity contribution is -0.111. The molecule has 0 aliphatic carbocycles. The Kier molecular flexibility index (Phi) is 4.93. The zero-order valence-electron chi connectivity index (χ0n) is 15.2. The number of pyridine rings is 1. The molecule has 2 heterocycles. The molecule has 28 heavy (non-hydrogen) atoms. The molecule has 1 aromatic heterocycles. The largest absolute Gasteiger partial charge is 0.455 e. The lowest BCUT2D eigenvalue weighted by atomic mass is 10.2. The van der Waals surface area contributed by atoms with Gasteiger partial charge >= 0.3 is 0 Å². The Morgan fingerprint density at radius 3 is 2.86 bits per heavy atom. The van der Waals surface area contributed by atoms with Gasteiger partial charge in [0, 0.05) is 18.0 Å². The van der Waals surface area contributed by atoms with Gasteiger partial charge in [0.25, 0.3) is 0 Å². The molecule has 2 aromatic carbocycles. The number of fused-ring (bicyclic) bond motifs is 1. The Hall–Kier alpha value is -3.80. The number of rotatable bonds is 5. The van der Waals surface area contributed by atoms with Crippen molar-refractivity contribution >= 4 is 17.7 Å². The molecule has 1 aliphatic heterocycles. The number of carbonyl (C=O) groups excluding carboxylic acids is 1. The van der Waals surface area contributed by atoms with Crippen LogP contribution in [-0.2, 0) is 4.79 Å². The Morgan fingerprint density at radius 2 is 2.04 bits per heavy atom. The summed E-state index contributed by atoms with van der Waals surface area (Å²) in [6.07, 6.45) is 6.54. The number of aromatic nitrogens is 1. The van der Waals surface area contributed by atoms with Gasteiger partial charge in [-0.2, -0.15) is 0 Å². The van der Waals surface area contributed by atoms with E-state index in [9.17, 15) is 4.79 Å². The summed E-state index contributed by atoms with van der Waals surface area (Å²) in [6.45, 7) is 2.15. The van der Waals surface area contributed by atoms with E-state index < -0.39 is 0 Å². The molecule has 1 N–H and O–H groups in total. The summed E-state index contributed by atoms with van der Waals surface area (Å²) >= 11 is 0. The molecule has 0 fully saturated rings. The van der Waals surface area contributed by atoms with Crippen LogP contribution < -0.4 is 19.5 Å². The van der Waals surface area contributed by atoms with Gasteiger partial charge in [0.15, 0.2) is 11.5 Å². The fraction of sp³-hybridized carbons (Fsp3) is 0.0909. The molecule has 0 saturated heterocycles. The summed E-state index contributed by atoms with van der Waals surface area (Å²) in [7, 11) is 0. The van der Waals surface area contributed by atoms with Gasteiger partial charge in [0.2, 0.25) is 12.7 Å². The van der Waals surface area contributed by atoms with Gasteiger partial charge < -0.3 is 19.5 Å². The Balaban J connectivity index is 1.39. The zero-order chi connectivity index (χ0) is 19.3. The number of anilines is 1. The van der Waals surface area contributed by atoms with Crippen LogP contribution >= 0.6 is 0 Å². The summed E-state index contributed by atoms with van der Waals surface area (Å²) in [5, 5.41) is 2.85. The van der Waals surface area contributed by atoms with Crippen LogP contribution in [0.15, 0.2) is 67.0 Å². The predicted molar refractivity (Wildman–Crippen MR) is 106 cm³/mol. The minimum Gasteiger partial charge on any atom is -0.455 e. The van der Waals surface area contributed by atoms with Crippen LogP contribution in [-0.4, -0.2) is 17.7 Å². The number of nitrogens with one attached hydrogen (secondary N) is 1. The number of aryl methyl sites for hydroxylation is 1. The van der Waals surface area contributed by atoms with Crippen LogP contribution in [0.1, 0.15) is 11.1 Å². The number of amides is 1. The third-order valence-corrected chi connectivity index (χ3v) is 4.13. The predicted octanol–water partition coefficient (Wildman–Crippen LogP) is 4.56. The average Bonchev–Trinajstić information content (AvgIpc) is 3.17. The van der Waals surface area contributed by atoms with E-state index in [1.165, 1.54) is 6.08 Å². The smallest absolute Gasteiger partial charge is 0.248 e. The minimum atomic E-state index is -0.224. The van der Waals surface area contributed by atoms with Gasteiger partial charge in [-0.15, -0.1) is 0 Å². The van der Waals surface area contributed by atoms with Crippen molar-refractivity contribution in [1.29, 1.82) is 0 Å². The second-order valence-electron chi connectivity index (χ2n) is 6.21. The molecule has 0 radical (unpaired) electrons. The average molecular weight is 374 g/mol. The van der Waals surface area contributed by atoms with Crippen LogP contribution in [0, 0.1) is 6.92 Å². The fourth-order valence-corrected chi connectivity index (χ4v) is 2.75. The molecule has 0 unspecified atom stereocenters. The number of hydrogen-bond acceptors (Lipinski definition) is 5. The first kappa shape index (κ1) is 17.6. The lowest BCUT2D eigenvalue weighted by Gasteiger charge is -2.10. The Morgan fingerprint density at radius 1 is 1.14 bits per heavy atom. The molecular formula is C22H18N2O4. The van der Waals surface area contributed by atoms with Crippen molar-refractivity contribution in [3.63, 3.8) is 0 Å². The second-order valence-corrected chi connectivity index (χ2v) is 6.21. The second kappa shape index (κ2) is 7.84. The topological polar surface area (TPSA) is 69.7 Å². The fourth-order valence-electron chi connectivity index (χ4n) is 2.75. The van der Waals surface area contributed by atoms with Crippen molar-refractivity contribution in [3.05, 3.63) is 78.1 Å². The molecule has 0 atom stereocenters. The summed E-state index contributed by atoms with van der Waals surface area (Å²) < 4.78 is 16.4. The molecule has 0 bridgehead atoms. The van der Waals surface area contributed by atoms with Crippen LogP contribution in [0.4, 0.5) is 5.69 Å². The van der Waals surface area contributed by atoms with Crippen molar-refractivity contribution in [2.45, 2.75) is 6.92 Å². The maximum Gasteiger partial charge on any atom is 0.248 e. The number of hydrogen-bond donors (Lipinski definition) is 1. The van der Waals surface area contributed by atoms with E-state index in [1.54, 1.807) is 24.5 Å². The van der Waals surface area contributed by atoms with E-state index in [4.69, 9.17) is 14.2 Å². The van der Waals surface area contributed by atoms with Crippen LogP contribution in [0.5, 0.6) is 23.0 Å². The van der Waals surface area contributed by atoms with Gasteiger partial charge in [-0.05, 0) is 66.6 Å². The highest BCUT2D eigenvalue weighted by Crippen LogP contribution is 2.32. The molecule has 140 valence electrons. The van der Waals surface area contributed by atoms with Crippen LogP contribution in [0.2, 0.25) is 0 Å². The first-order valence-corrected chi connectivity index (χ1v) is 8.75. The highest BCUT2D eigenvalue weighted by atomic mass is 16.7. The number of benzene rings is 2. The first-order valence-electron chi connectivity index (χ1n) is 8.75. The lowest BCUT2D eigenvalue weighted by Crippen LogP contribution is -2.07. The maximum absolute atomic E-state index is 12.2. The number of nitrogens with zero attached hydrogens (tertiary/aromatic N) is 1. The molecule has 1 amide bonds. The van der Waals surface area contributed by atoms with Crippen molar-refractivity contribution < 1.29 is 19.0 Å². The summed E-state index contributed by atoms with van der Waals surface area (Å²) in [5.74, 6) is 2.54. The van der Waals surface area contributed by atoms with Crippen LogP contribution in [0.3, 0.4) is 0 Å². The third kappa shape index (κ3) is 4.12. The monoisotopic (exact) mass is 374 g/mol. The van der Waals surface area contributed by atoms with Gasteiger partial charge in [-0.3, -0.25) is 9.78 Å². The normalized spacial score (nSPS) is 12.2. The molecule has 0 saturated carbocycles. The van der Waals surface area contributed by atoms with E-state index in [0.29, 0.717) is 28.7 Å². The minimum absolute atomic E-state index is 0.224. The van der Waals surface area contributed by atoms with Gasteiger partial charge in [0.05, 0.1) is 6.20 Å². The van der Waals surface area contributed by atoms with Crippen molar-refractivity contribution in [2.24, 2.45) is 0 Å². The third-order valence-electron chi connectivity index (χ3n) is 4.13. The summed E-state index contributed by atoms with van der Waals surface area (Å²) in [6, 6.07) is 14.6. The van der Waals surface area contributed by atoms with E-state index in [0.717, 1.165) is 11.1 Å². The molecular weight excluding hydrogens is 356 g/mol. The SMILES string of the molecule is Cc1cc(NC(=O)/C=C/c2ccc3c(c2)OCO3)ccc1Oc1cccnc1. The quantitative estimate of drug-likeness (QED) is 0.663. The summed E-state index contributed by atoms with van der Waals surface area (Å²) in [5.41, 5.74) is 2.45. The molecule has 4 rings (SSSR count). The number of ether oxygens (including phenoxy) is 3. The Bertz CT molecular complexity index is 1030. The number of carbonyl (C=O) groups is 1. The van der Waals surface area contributed by atoms with Gasteiger partial charge in [-0.25, -0.2) is 0 Å². The first-order chi connectivity index (χ1) is 13.7. The van der Waals surface area contributed by atoms with Crippen LogP contribution in [0.25, 0.3) is 6.08 Å². The zero-order valence-corrected chi connectivity index (χ0v) is 15.2.